The minimum Gasteiger partial charge on any atom is -0.467 e. The lowest BCUT2D eigenvalue weighted by Crippen LogP contribution is -2.28. The molecule has 1 unspecified atom stereocenters. The highest BCUT2D eigenvalue weighted by Gasteiger charge is 2.36. The molecule has 5 rings (SSSR count). The number of thioether (sulfide) groups is 1. The number of rotatable bonds is 7. The summed E-state index contributed by atoms with van der Waals surface area (Å²) in [7, 11) is 0. The molecule has 0 saturated carbocycles. The van der Waals surface area contributed by atoms with Crippen LogP contribution in [0.5, 0.6) is 0 Å². The summed E-state index contributed by atoms with van der Waals surface area (Å²) in [5, 5.41) is 19.2. The molecule has 0 radical (unpaired) electrons. The number of amides is 1. The fraction of sp³-hybridized carbons (Fsp3) is 0.238. The van der Waals surface area contributed by atoms with Crippen molar-refractivity contribution in [1.82, 2.24) is 15.2 Å². The number of para-hydroxylation sites is 1. The zero-order valence-electron chi connectivity index (χ0n) is 16.6. The first kappa shape index (κ1) is 19.8. The monoisotopic (exact) mass is 453 g/mol. The average Bonchev–Trinajstić information content (AvgIpc) is 3.57. The second-order valence-corrected chi connectivity index (χ2v) is 9.06. The molecule has 8 nitrogen and oxygen atoms in total. The summed E-state index contributed by atoms with van der Waals surface area (Å²) >= 11 is 2.78. The van der Waals surface area contributed by atoms with Crippen LogP contribution in [0.3, 0.4) is 0 Å². The summed E-state index contributed by atoms with van der Waals surface area (Å²) in [5.74, 6) is 1.44. The molecular formula is C21H19N5O3S2. The largest absolute Gasteiger partial charge is 0.467 e. The molecule has 4 aromatic rings. The van der Waals surface area contributed by atoms with Crippen LogP contribution in [0.2, 0.25) is 0 Å². The highest BCUT2D eigenvalue weighted by Crippen LogP contribution is 2.35. The first-order chi connectivity index (χ1) is 15.2. The van der Waals surface area contributed by atoms with Crippen LogP contribution < -0.4 is 5.32 Å². The van der Waals surface area contributed by atoms with Crippen molar-refractivity contribution in [3.05, 3.63) is 60.2 Å². The maximum absolute atomic E-state index is 13.1. The Hall–Kier alpha value is -3.11. The number of aromatic nitrogens is 2. The fourth-order valence-corrected chi connectivity index (χ4v) is 5.07. The summed E-state index contributed by atoms with van der Waals surface area (Å²) in [4.78, 5) is 13.1. The van der Waals surface area contributed by atoms with E-state index in [9.17, 15) is 4.79 Å². The first-order valence-corrected chi connectivity index (χ1v) is 11.6. The highest BCUT2D eigenvalue weighted by atomic mass is 32.2. The SMILES string of the molecule is CCNc1nnc(SCC(=O)N2N=C(c3cc4ccccc4o3)CC2c2ccco2)s1. The van der Waals surface area contributed by atoms with E-state index in [4.69, 9.17) is 8.83 Å². The zero-order valence-corrected chi connectivity index (χ0v) is 18.3. The van der Waals surface area contributed by atoms with Crippen molar-refractivity contribution in [3.8, 4) is 0 Å². The molecule has 1 atom stereocenters. The summed E-state index contributed by atoms with van der Waals surface area (Å²) in [6.45, 7) is 2.77. The van der Waals surface area contributed by atoms with Crippen LogP contribution >= 0.6 is 23.1 Å². The number of nitrogens with zero attached hydrogens (tertiary/aromatic N) is 4. The van der Waals surface area contributed by atoms with E-state index in [1.165, 1.54) is 28.1 Å². The van der Waals surface area contributed by atoms with E-state index >= 15 is 0 Å². The fourth-order valence-electron chi connectivity index (χ4n) is 3.40. The van der Waals surface area contributed by atoms with Crippen LogP contribution in [0.4, 0.5) is 5.13 Å². The molecule has 10 heteroatoms. The van der Waals surface area contributed by atoms with Gasteiger partial charge in [-0.15, -0.1) is 10.2 Å². The maximum atomic E-state index is 13.1. The second kappa shape index (κ2) is 8.56. The quantitative estimate of drug-likeness (QED) is 0.402. The van der Waals surface area contributed by atoms with Gasteiger partial charge in [0.1, 0.15) is 23.1 Å². The van der Waals surface area contributed by atoms with Crippen molar-refractivity contribution >= 4 is 50.8 Å². The Kier molecular flexibility index (Phi) is 5.47. The Morgan fingerprint density at radius 3 is 3.00 bits per heavy atom. The van der Waals surface area contributed by atoms with Crippen LogP contribution in [0.25, 0.3) is 11.0 Å². The average molecular weight is 454 g/mol. The van der Waals surface area contributed by atoms with Gasteiger partial charge in [0.15, 0.2) is 10.1 Å². The number of hydrazone groups is 1. The third-order valence-electron chi connectivity index (χ3n) is 4.80. The van der Waals surface area contributed by atoms with Crippen LogP contribution in [0, 0.1) is 0 Å². The Labute approximate surface area is 186 Å². The zero-order chi connectivity index (χ0) is 21.2. The standard InChI is InChI=1S/C21H19N5O3S2/c1-2-22-20-23-24-21(31-20)30-12-19(27)26-15(17-8-5-9-28-17)11-14(25-26)18-10-13-6-3-4-7-16(13)29-18/h3-10,15H,2,11-12H2,1H3,(H,22,23). The van der Waals surface area contributed by atoms with Gasteiger partial charge < -0.3 is 14.2 Å². The first-order valence-electron chi connectivity index (χ1n) is 9.83. The highest BCUT2D eigenvalue weighted by molar-refractivity contribution is 8.01. The molecule has 1 amide bonds. The topological polar surface area (TPSA) is 96.8 Å². The number of nitrogens with one attached hydrogen (secondary N) is 1. The molecular weight excluding hydrogens is 434 g/mol. The maximum Gasteiger partial charge on any atom is 0.253 e. The van der Waals surface area contributed by atoms with Crippen LogP contribution in [-0.2, 0) is 4.79 Å². The number of carbonyl (C=O) groups is 1. The number of anilines is 1. The van der Waals surface area contributed by atoms with Crippen LogP contribution in [-0.4, -0.2) is 39.1 Å². The van der Waals surface area contributed by atoms with Crippen LogP contribution in [0.1, 0.15) is 30.9 Å². The molecule has 0 bridgehead atoms. The van der Waals surface area contributed by atoms with Crippen LogP contribution in [0.15, 0.2) is 67.0 Å². The number of carbonyl (C=O) groups excluding carboxylic acids is 1. The van der Waals surface area contributed by atoms with Gasteiger partial charge in [0.25, 0.3) is 5.91 Å². The van der Waals surface area contributed by atoms with Crippen molar-refractivity contribution < 1.29 is 13.6 Å². The number of fused-ring (bicyclic) bond motifs is 1. The van der Waals surface area contributed by atoms with E-state index in [1.807, 2.05) is 49.4 Å². The van der Waals surface area contributed by atoms with Crippen molar-refractivity contribution in [2.75, 3.05) is 17.6 Å². The molecule has 0 saturated heterocycles. The predicted octanol–water partition coefficient (Wildman–Crippen LogP) is 4.78. The van der Waals surface area contributed by atoms with Gasteiger partial charge in [0.05, 0.1) is 12.0 Å². The molecule has 1 aliphatic heterocycles. The molecule has 1 aliphatic rings. The molecule has 4 heterocycles. The van der Waals surface area contributed by atoms with Crippen molar-refractivity contribution in [3.63, 3.8) is 0 Å². The van der Waals surface area contributed by atoms with E-state index < -0.39 is 0 Å². The summed E-state index contributed by atoms with van der Waals surface area (Å²) < 4.78 is 12.3. The van der Waals surface area contributed by atoms with Gasteiger partial charge >= 0.3 is 0 Å². The molecule has 0 spiro atoms. The van der Waals surface area contributed by atoms with Gasteiger partial charge in [-0.2, -0.15) is 5.10 Å². The van der Waals surface area contributed by atoms with Gasteiger partial charge in [-0.3, -0.25) is 4.79 Å². The third-order valence-corrected chi connectivity index (χ3v) is 6.80. The Bertz CT molecular complexity index is 1200. The normalized spacial score (nSPS) is 16.1. The number of hydrogen-bond donors (Lipinski definition) is 1. The van der Waals surface area contributed by atoms with E-state index in [-0.39, 0.29) is 17.7 Å². The number of furan rings is 2. The van der Waals surface area contributed by atoms with Crippen molar-refractivity contribution in [2.24, 2.45) is 5.10 Å². The molecule has 1 N–H and O–H groups in total. The summed E-state index contributed by atoms with van der Waals surface area (Å²) in [5.41, 5.74) is 1.52. The van der Waals surface area contributed by atoms with Gasteiger partial charge in [-0.1, -0.05) is 41.3 Å². The summed E-state index contributed by atoms with van der Waals surface area (Å²) in [6.07, 6.45) is 2.13. The molecule has 1 aromatic carbocycles. The smallest absolute Gasteiger partial charge is 0.253 e. The lowest BCUT2D eigenvalue weighted by Gasteiger charge is -2.19. The van der Waals surface area contributed by atoms with E-state index in [0.717, 1.165) is 32.7 Å². The Morgan fingerprint density at radius 2 is 2.19 bits per heavy atom. The van der Waals surface area contributed by atoms with Crippen molar-refractivity contribution in [1.29, 1.82) is 0 Å². The van der Waals surface area contributed by atoms with E-state index in [0.29, 0.717) is 17.9 Å². The van der Waals surface area contributed by atoms with E-state index in [1.54, 1.807) is 6.26 Å². The summed E-state index contributed by atoms with van der Waals surface area (Å²) in [6, 6.07) is 13.1. The van der Waals surface area contributed by atoms with E-state index in [2.05, 4.69) is 20.6 Å². The number of benzene rings is 1. The van der Waals surface area contributed by atoms with Crippen molar-refractivity contribution in [2.45, 2.75) is 23.7 Å². The minimum atomic E-state index is -0.307. The molecule has 31 heavy (non-hydrogen) atoms. The van der Waals surface area contributed by atoms with Gasteiger partial charge in [-0.25, -0.2) is 5.01 Å². The Morgan fingerprint density at radius 1 is 1.29 bits per heavy atom. The molecule has 0 aliphatic carbocycles. The molecule has 158 valence electrons. The minimum absolute atomic E-state index is 0.127. The van der Waals surface area contributed by atoms with Gasteiger partial charge in [0, 0.05) is 18.4 Å². The molecule has 3 aromatic heterocycles. The third kappa shape index (κ3) is 4.08. The lowest BCUT2D eigenvalue weighted by atomic mass is 10.1. The van der Waals surface area contributed by atoms with Gasteiger partial charge in [0.2, 0.25) is 5.13 Å². The lowest BCUT2D eigenvalue weighted by molar-refractivity contribution is -0.130. The predicted molar refractivity (Wildman–Crippen MR) is 120 cm³/mol. The Balaban J connectivity index is 1.37. The number of hydrogen-bond acceptors (Lipinski definition) is 9. The molecule has 0 fully saturated rings. The van der Waals surface area contributed by atoms with Gasteiger partial charge in [-0.05, 0) is 31.2 Å². The second-order valence-electron chi connectivity index (χ2n) is 6.86.